The van der Waals surface area contributed by atoms with Crippen LogP contribution in [0.1, 0.15) is 38.5 Å². The number of ether oxygens (including phenoxy) is 1. The van der Waals surface area contributed by atoms with Crippen LogP contribution < -0.4 is 0 Å². The Morgan fingerprint density at radius 1 is 1.31 bits per heavy atom. The lowest BCUT2D eigenvalue weighted by Gasteiger charge is -2.40. The summed E-state index contributed by atoms with van der Waals surface area (Å²) < 4.78 is 5.48. The van der Waals surface area contributed by atoms with E-state index in [1.165, 1.54) is 45.1 Å². The summed E-state index contributed by atoms with van der Waals surface area (Å²) in [5, 5.41) is 1.16. The molecule has 3 heteroatoms. The van der Waals surface area contributed by atoms with Crippen molar-refractivity contribution in [3.05, 3.63) is 0 Å². The Labute approximate surface area is 108 Å². The zero-order valence-corrected chi connectivity index (χ0v) is 12.0. The molecule has 1 saturated carbocycles. The second kappa shape index (κ2) is 5.83. The molecule has 0 aromatic heterocycles. The molecule has 1 aliphatic heterocycles. The fraction of sp³-hybridized carbons (Fsp3) is 1.00. The predicted octanol–water partition coefficient (Wildman–Crippen LogP) is 3.05. The normalized spacial score (nSPS) is 29.8. The molecule has 0 bridgehead atoms. The van der Waals surface area contributed by atoms with Gasteiger partial charge in [0.2, 0.25) is 0 Å². The standard InChI is InChI=1S/C13H24BrNO/c1-15(12-5-8-16-9-12)11-13(10-14)6-3-2-4-7-13/h12H,2-11H2,1H3. The molecule has 1 aliphatic carbocycles. The number of alkyl halides is 1. The Bertz CT molecular complexity index is 210. The smallest absolute Gasteiger partial charge is 0.0622 e. The van der Waals surface area contributed by atoms with E-state index in [1.54, 1.807) is 0 Å². The fourth-order valence-electron chi connectivity index (χ4n) is 3.16. The van der Waals surface area contributed by atoms with Crippen molar-refractivity contribution in [3.63, 3.8) is 0 Å². The van der Waals surface area contributed by atoms with Crippen molar-refractivity contribution in [1.82, 2.24) is 4.90 Å². The third-order valence-corrected chi connectivity index (χ3v) is 5.50. The van der Waals surface area contributed by atoms with E-state index in [4.69, 9.17) is 4.74 Å². The molecule has 0 amide bonds. The highest BCUT2D eigenvalue weighted by Crippen LogP contribution is 2.38. The van der Waals surface area contributed by atoms with E-state index in [0.29, 0.717) is 11.5 Å². The van der Waals surface area contributed by atoms with Crippen molar-refractivity contribution >= 4 is 15.9 Å². The van der Waals surface area contributed by atoms with E-state index in [-0.39, 0.29) is 0 Å². The monoisotopic (exact) mass is 289 g/mol. The van der Waals surface area contributed by atoms with Gasteiger partial charge in [0.05, 0.1) is 6.61 Å². The van der Waals surface area contributed by atoms with Crippen molar-refractivity contribution in [3.8, 4) is 0 Å². The molecule has 2 aliphatic rings. The van der Waals surface area contributed by atoms with Crippen LogP contribution in [0.2, 0.25) is 0 Å². The molecule has 94 valence electrons. The molecular formula is C13H24BrNO. The van der Waals surface area contributed by atoms with Gasteiger partial charge in [0.15, 0.2) is 0 Å². The first-order valence-electron chi connectivity index (χ1n) is 6.60. The van der Waals surface area contributed by atoms with Gasteiger partial charge in [-0.05, 0) is 31.7 Å². The minimum absolute atomic E-state index is 0.537. The Balaban J connectivity index is 1.89. The number of likely N-dealkylation sites (N-methyl/N-ethyl adjacent to an activating group) is 1. The van der Waals surface area contributed by atoms with E-state index < -0.39 is 0 Å². The molecule has 1 atom stereocenters. The van der Waals surface area contributed by atoms with Gasteiger partial charge in [-0.25, -0.2) is 0 Å². The molecule has 0 spiro atoms. The molecule has 1 unspecified atom stereocenters. The SMILES string of the molecule is CN(CC1(CBr)CCCCC1)C1CCOC1. The average molecular weight is 290 g/mol. The highest BCUT2D eigenvalue weighted by molar-refractivity contribution is 9.09. The first-order valence-corrected chi connectivity index (χ1v) is 7.72. The summed E-state index contributed by atoms with van der Waals surface area (Å²) in [4.78, 5) is 2.54. The number of nitrogens with zero attached hydrogens (tertiary/aromatic N) is 1. The summed E-state index contributed by atoms with van der Waals surface area (Å²) in [5.41, 5.74) is 0.537. The molecule has 2 nitrogen and oxygen atoms in total. The van der Waals surface area contributed by atoms with Gasteiger partial charge >= 0.3 is 0 Å². The first kappa shape index (κ1) is 12.8. The summed E-state index contributed by atoms with van der Waals surface area (Å²) in [5.74, 6) is 0. The van der Waals surface area contributed by atoms with Crippen LogP contribution in [0.5, 0.6) is 0 Å². The van der Waals surface area contributed by atoms with Gasteiger partial charge in [-0.15, -0.1) is 0 Å². The molecule has 1 saturated heterocycles. The predicted molar refractivity (Wildman–Crippen MR) is 71.2 cm³/mol. The lowest BCUT2D eigenvalue weighted by molar-refractivity contribution is 0.102. The Morgan fingerprint density at radius 3 is 2.62 bits per heavy atom. The molecule has 2 rings (SSSR count). The maximum Gasteiger partial charge on any atom is 0.0622 e. The molecule has 16 heavy (non-hydrogen) atoms. The van der Waals surface area contributed by atoms with E-state index in [1.807, 2.05) is 0 Å². The Kier molecular flexibility index (Phi) is 4.68. The molecule has 0 N–H and O–H groups in total. The van der Waals surface area contributed by atoms with Gasteiger partial charge in [-0.2, -0.15) is 0 Å². The van der Waals surface area contributed by atoms with Crippen LogP contribution in [-0.2, 0) is 4.74 Å². The van der Waals surface area contributed by atoms with Crippen LogP contribution in [-0.4, -0.2) is 43.1 Å². The maximum atomic E-state index is 5.48. The Morgan fingerprint density at radius 2 is 2.06 bits per heavy atom. The summed E-state index contributed by atoms with van der Waals surface area (Å²) in [7, 11) is 2.28. The fourth-order valence-corrected chi connectivity index (χ4v) is 3.90. The van der Waals surface area contributed by atoms with Crippen LogP contribution in [0, 0.1) is 5.41 Å². The lowest BCUT2D eigenvalue weighted by Crippen LogP contribution is -2.43. The summed E-state index contributed by atoms with van der Waals surface area (Å²) in [6, 6.07) is 0.665. The van der Waals surface area contributed by atoms with Crippen molar-refractivity contribution in [1.29, 1.82) is 0 Å². The molecule has 0 radical (unpaired) electrons. The second-order valence-corrected chi connectivity index (χ2v) is 6.19. The Hall–Kier alpha value is 0.400. The van der Waals surface area contributed by atoms with Crippen LogP contribution in [0.15, 0.2) is 0 Å². The second-order valence-electron chi connectivity index (χ2n) is 5.63. The van der Waals surface area contributed by atoms with E-state index in [0.717, 1.165) is 18.5 Å². The van der Waals surface area contributed by atoms with Crippen molar-refractivity contribution in [2.45, 2.75) is 44.6 Å². The number of halogens is 1. The quantitative estimate of drug-likeness (QED) is 0.738. The summed E-state index contributed by atoms with van der Waals surface area (Å²) in [6.45, 7) is 3.14. The zero-order valence-electron chi connectivity index (χ0n) is 10.4. The van der Waals surface area contributed by atoms with Crippen molar-refractivity contribution < 1.29 is 4.74 Å². The number of hydrogen-bond acceptors (Lipinski definition) is 2. The zero-order chi connectivity index (χ0) is 11.4. The van der Waals surface area contributed by atoms with Crippen LogP contribution in [0.3, 0.4) is 0 Å². The maximum absolute atomic E-state index is 5.48. The third-order valence-electron chi connectivity index (χ3n) is 4.31. The highest BCUT2D eigenvalue weighted by atomic mass is 79.9. The minimum Gasteiger partial charge on any atom is -0.380 e. The number of rotatable bonds is 4. The molecule has 0 aromatic rings. The highest BCUT2D eigenvalue weighted by Gasteiger charge is 2.34. The lowest BCUT2D eigenvalue weighted by atomic mass is 9.75. The van der Waals surface area contributed by atoms with E-state index in [2.05, 4.69) is 27.9 Å². The van der Waals surface area contributed by atoms with Gasteiger partial charge in [-0.3, -0.25) is 0 Å². The molecule has 1 heterocycles. The third kappa shape index (κ3) is 2.99. The van der Waals surface area contributed by atoms with Crippen molar-refractivity contribution in [2.75, 3.05) is 32.1 Å². The minimum atomic E-state index is 0.537. The van der Waals surface area contributed by atoms with Gasteiger partial charge < -0.3 is 9.64 Å². The topological polar surface area (TPSA) is 12.5 Å². The number of hydrogen-bond donors (Lipinski definition) is 0. The van der Waals surface area contributed by atoms with Gasteiger partial charge in [-0.1, -0.05) is 35.2 Å². The summed E-state index contributed by atoms with van der Waals surface area (Å²) >= 11 is 3.75. The average Bonchev–Trinajstić information content (AvgIpc) is 2.84. The van der Waals surface area contributed by atoms with Gasteiger partial charge in [0.25, 0.3) is 0 Å². The van der Waals surface area contributed by atoms with Crippen LogP contribution in [0.25, 0.3) is 0 Å². The molecule has 2 fully saturated rings. The van der Waals surface area contributed by atoms with Crippen LogP contribution >= 0.6 is 15.9 Å². The largest absolute Gasteiger partial charge is 0.380 e. The molecule has 0 aromatic carbocycles. The summed E-state index contributed by atoms with van der Waals surface area (Å²) in [6.07, 6.45) is 8.29. The van der Waals surface area contributed by atoms with E-state index in [9.17, 15) is 0 Å². The van der Waals surface area contributed by atoms with E-state index >= 15 is 0 Å². The van der Waals surface area contributed by atoms with Gasteiger partial charge in [0, 0.05) is 24.5 Å². The van der Waals surface area contributed by atoms with Crippen molar-refractivity contribution in [2.24, 2.45) is 5.41 Å². The molecular weight excluding hydrogens is 266 g/mol. The van der Waals surface area contributed by atoms with Gasteiger partial charge in [0.1, 0.15) is 0 Å². The first-order chi connectivity index (χ1) is 7.76. The van der Waals surface area contributed by atoms with Crippen LogP contribution in [0.4, 0.5) is 0 Å².